The van der Waals surface area contributed by atoms with Gasteiger partial charge in [-0.15, -0.1) is 0 Å². The number of likely N-dealkylation sites (tertiary alicyclic amines) is 1. The fraction of sp³-hybridized carbons (Fsp3) is 0.533. The third kappa shape index (κ3) is 5.37. The van der Waals surface area contributed by atoms with E-state index < -0.39 is 0 Å². The first-order chi connectivity index (χ1) is 19.5. The molecule has 1 aromatic carbocycles. The lowest BCUT2D eigenvalue weighted by molar-refractivity contribution is 0.148. The molecule has 4 heterocycles. The molecule has 2 unspecified atom stereocenters. The van der Waals surface area contributed by atoms with Crippen molar-refractivity contribution in [1.29, 1.82) is 0 Å². The van der Waals surface area contributed by atoms with Gasteiger partial charge in [0, 0.05) is 68.7 Å². The Bertz CT molecular complexity index is 1210. The van der Waals surface area contributed by atoms with Gasteiger partial charge in [0.2, 0.25) is 5.95 Å². The lowest BCUT2D eigenvalue weighted by Gasteiger charge is -2.43. The number of benzene rings is 1. The van der Waals surface area contributed by atoms with E-state index in [-0.39, 0.29) is 23.7 Å². The van der Waals surface area contributed by atoms with Crippen LogP contribution in [0.15, 0.2) is 54.3 Å². The number of allylic oxidation sites excluding steroid dienone is 1. The minimum absolute atomic E-state index is 0.128. The average Bonchev–Trinajstić information content (AvgIpc) is 3.25. The van der Waals surface area contributed by atoms with Crippen molar-refractivity contribution in [1.82, 2.24) is 19.8 Å². The van der Waals surface area contributed by atoms with E-state index in [1.807, 2.05) is 18.5 Å². The quantitative estimate of drug-likeness (QED) is 0.400. The molecule has 10 nitrogen and oxygen atoms in total. The molecule has 6 rings (SSSR count). The second-order valence-electron chi connectivity index (χ2n) is 11.7. The number of para-hydroxylation sites is 1. The molecule has 3 saturated heterocycles. The van der Waals surface area contributed by atoms with E-state index in [2.05, 4.69) is 19.6 Å². The van der Waals surface area contributed by atoms with Crippen molar-refractivity contribution in [2.45, 2.75) is 63.1 Å². The van der Waals surface area contributed by atoms with Crippen LogP contribution in [0.4, 0.5) is 11.6 Å². The van der Waals surface area contributed by atoms with Gasteiger partial charge in [-0.1, -0.05) is 31.4 Å². The number of aromatic nitrogens is 2. The van der Waals surface area contributed by atoms with Crippen LogP contribution in [-0.4, -0.2) is 82.3 Å². The fourth-order valence-corrected chi connectivity index (χ4v) is 7.13. The maximum absolute atomic E-state index is 10.2. The number of nitrogens with zero attached hydrogens (tertiary/aromatic N) is 6. The molecule has 4 fully saturated rings. The van der Waals surface area contributed by atoms with Gasteiger partial charge in [0.25, 0.3) is 0 Å². The van der Waals surface area contributed by atoms with Crippen LogP contribution < -0.4 is 27.0 Å². The Morgan fingerprint density at radius 3 is 2.10 bits per heavy atom. The van der Waals surface area contributed by atoms with Crippen LogP contribution in [0, 0.1) is 0 Å². The SMILES string of the molecule is NC(N)=C(/C=C(\N)c1ccccc1O)N1CC2CCC(C1)N2c1ncc(N2CCN(C3CCCCC3)CC2)cn1. The molecule has 214 valence electrons. The second-order valence-corrected chi connectivity index (χ2v) is 11.7. The number of phenolic OH excluding ortho intramolecular Hbond substituents is 1. The highest BCUT2D eigenvalue weighted by molar-refractivity contribution is 5.70. The zero-order valence-corrected chi connectivity index (χ0v) is 23.3. The number of hydrogen-bond donors (Lipinski definition) is 4. The summed E-state index contributed by atoms with van der Waals surface area (Å²) >= 11 is 0. The summed E-state index contributed by atoms with van der Waals surface area (Å²) in [7, 11) is 0. The van der Waals surface area contributed by atoms with E-state index >= 15 is 0 Å². The minimum Gasteiger partial charge on any atom is -0.507 e. The van der Waals surface area contributed by atoms with E-state index in [1.54, 1.807) is 24.3 Å². The average molecular weight is 546 g/mol. The van der Waals surface area contributed by atoms with Crippen molar-refractivity contribution in [2.24, 2.45) is 17.2 Å². The Hall–Kier alpha value is -3.66. The highest BCUT2D eigenvalue weighted by Gasteiger charge is 2.42. The number of phenols is 1. The van der Waals surface area contributed by atoms with Gasteiger partial charge in [-0.3, -0.25) is 4.90 Å². The second kappa shape index (κ2) is 11.4. The summed E-state index contributed by atoms with van der Waals surface area (Å²) in [5.74, 6) is 1.14. The van der Waals surface area contributed by atoms with Crippen molar-refractivity contribution in [3.05, 3.63) is 59.8 Å². The Labute approximate surface area is 237 Å². The summed E-state index contributed by atoms with van der Waals surface area (Å²) in [5.41, 5.74) is 21.4. The van der Waals surface area contributed by atoms with Crippen molar-refractivity contribution in [2.75, 3.05) is 49.1 Å². The number of nitrogens with two attached hydrogens (primary N) is 3. The Morgan fingerprint density at radius 1 is 0.825 bits per heavy atom. The van der Waals surface area contributed by atoms with Crippen molar-refractivity contribution < 1.29 is 5.11 Å². The van der Waals surface area contributed by atoms with Gasteiger partial charge in [-0.05, 0) is 43.9 Å². The molecular formula is C30H43N9O. The fourth-order valence-electron chi connectivity index (χ4n) is 7.13. The molecule has 40 heavy (non-hydrogen) atoms. The molecule has 2 atom stereocenters. The maximum atomic E-state index is 10.2. The number of aromatic hydroxyl groups is 1. The van der Waals surface area contributed by atoms with Gasteiger partial charge < -0.3 is 37.0 Å². The number of anilines is 2. The lowest BCUT2D eigenvalue weighted by Crippen LogP contribution is -2.54. The molecule has 0 radical (unpaired) electrons. The van der Waals surface area contributed by atoms with Crippen LogP contribution in [0.5, 0.6) is 5.75 Å². The first kappa shape index (κ1) is 26.6. The molecule has 1 saturated carbocycles. The van der Waals surface area contributed by atoms with Gasteiger partial charge in [-0.25, -0.2) is 9.97 Å². The van der Waals surface area contributed by atoms with Crippen LogP contribution in [0.2, 0.25) is 0 Å². The standard InChI is InChI=1S/C30H43N9O/c31-26(25-8-4-5-9-28(25)40)16-27(29(32)33)38-19-22-10-11-23(20-38)39(22)30-34-17-24(18-35-30)37-14-12-36(13-15-37)21-6-2-1-3-7-21/h4-5,8-9,16-18,21-23,40H,1-3,6-7,10-15,19-20,31-33H2/b26-16-. The third-order valence-electron chi connectivity index (χ3n) is 9.25. The predicted octanol–water partition coefficient (Wildman–Crippen LogP) is 2.38. The topological polar surface area (TPSA) is 137 Å². The van der Waals surface area contributed by atoms with Crippen molar-refractivity contribution in [3.63, 3.8) is 0 Å². The molecule has 0 amide bonds. The molecule has 7 N–H and O–H groups in total. The Morgan fingerprint density at radius 2 is 1.48 bits per heavy atom. The number of piperazine rings is 2. The van der Waals surface area contributed by atoms with Crippen molar-refractivity contribution in [3.8, 4) is 5.75 Å². The Balaban J connectivity index is 1.10. The largest absolute Gasteiger partial charge is 0.507 e. The molecule has 3 aliphatic heterocycles. The van der Waals surface area contributed by atoms with Gasteiger partial charge in [0.15, 0.2) is 0 Å². The normalized spacial score (nSPS) is 24.4. The minimum atomic E-state index is 0.128. The maximum Gasteiger partial charge on any atom is 0.226 e. The molecule has 1 aromatic heterocycles. The molecule has 4 aliphatic rings. The highest BCUT2D eigenvalue weighted by atomic mass is 16.3. The van der Waals surface area contributed by atoms with Gasteiger partial charge in [0.05, 0.1) is 23.8 Å². The van der Waals surface area contributed by atoms with E-state index in [4.69, 9.17) is 27.2 Å². The summed E-state index contributed by atoms with van der Waals surface area (Å²) in [6.45, 7) is 5.83. The summed E-state index contributed by atoms with van der Waals surface area (Å²) in [6, 6.07) is 8.32. The van der Waals surface area contributed by atoms with Crippen LogP contribution in [0.1, 0.15) is 50.5 Å². The lowest BCUT2D eigenvalue weighted by atomic mass is 9.94. The third-order valence-corrected chi connectivity index (χ3v) is 9.25. The van der Waals surface area contributed by atoms with E-state index in [0.717, 1.165) is 69.8 Å². The summed E-state index contributed by atoms with van der Waals surface area (Å²) in [6.07, 6.45) is 14.8. The number of rotatable bonds is 6. The molecular weight excluding hydrogens is 502 g/mol. The van der Waals surface area contributed by atoms with Gasteiger partial charge in [0.1, 0.15) is 11.6 Å². The van der Waals surface area contributed by atoms with E-state index in [9.17, 15) is 5.11 Å². The number of hydrogen-bond acceptors (Lipinski definition) is 10. The van der Waals surface area contributed by atoms with Crippen LogP contribution in [0.3, 0.4) is 0 Å². The molecule has 1 aliphatic carbocycles. The summed E-state index contributed by atoms with van der Waals surface area (Å²) < 4.78 is 0. The van der Waals surface area contributed by atoms with Crippen molar-refractivity contribution >= 4 is 17.3 Å². The summed E-state index contributed by atoms with van der Waals surface area (Å²) in [5, 5.41) is 10.2. The van der Waals surface area contributed by atoms with E-state index in [0.29, 0.717) is 17.0 Å². The molecule has 0 spiro atoms. The van der Waals surface area contributed by atoms with E-state index in [1.165, 1.54) is 32.1 Å². The van der Waals surface area contributed by atoms with Gasteiger partial charge in [-0.2, -0.15) is 0 Å². The highest BCUT2D eigenvalue weighted by Crippen LogP contribution is 2.35. The van der Waals surface area contributed by atoms with Crippen LogP contribution in [0.25, 0.3) is 5.70 Å². The van der Waals surface area contributed by atoms with Crippen LogP contribution in [-0.2, 0) is 0 Å². The van der Waals surface area contributed by atoms with Crippen LogP contribution >= 0.6 is 0 Å². The zero-order chi connectivity index (χ0) is 27.6. The first-order valence-corrected chi connectivity index (χ1v) is 14.8. The smallest absolute Gasteiger partial charge is 0.226 e. The molecule has 2 aromatic rings. The van der Waals surface area contributed by atoms with Gasteiger partial charge >= 0.3 is 0 Å². The summed E-state index contributed by atoms with van der Waals surface area (Å²) in [4.78, 5) is 19.4. The molecule has 2 bridgehead atoms. The monoisotopic (exact) mass is 545 g/mol. The first-order valence-electron chi connectivity index (χ1n) is 14.8. The molecule has 10 heteroatoms. The zero-order valence-electron chi connectivity index (χ0n) is 23.3. The Kier molecular flexibility index (Phi) is 7.60. The number of fused-ring (bicyclic) bond motifs is 2. The predicted molar refractivity (Wildman–Crippen MR) is 159 cm³/mol.